The molecular weight excluding hydrogens is 290 g/mol. The van der Waals surface area contributed by atoms with E-state index in [-0.39, 0.29) is 11.9 Å². The van der Waals surface area contributed by atoms with Crippen LogP contribution in [0.2, 0.25) is 0 Å². The van der Waals surface area contributed by atoms with Crippen molar-refractivity contribution in [2.75, 3.05) is 5.32 Å². The Morgan fingerprint density at radius 1 is 1.22 bits per heavy atom. The number of ether oxygens (including phenoxy) is 1. The van der Waals surface area contributed by atoms with E-state index in [1.807, 2.05) is 31.2 Å². The van der Waals surface area contributed by atoms with E-state index in [9.17, 15) is 9.59 Å². The van der Waals surface area contributed by atoms with Gasteiger partial charge in [0.2, 0.25) is 0 Å². The lowest BCUT2D eigenvalue weighted by molar-refractivity contribution is -0.150. The summed E-state index contributed by atoms with van der Waals surface area (Å²) >= 11 is 0. The predicted octanol–water partition coefficient (Wildman–Crippen LogP) is 3.76. The summed E-state index contributed by atoms with van der Waals surface area (Å²) in [4.78, 5) is 25.0. The van der Waals surface area contributed by atoms with Gasteiger partial charge < -0.3 is 10.1 Å². The average molecular weight is 313 g/mol. The number of esters is 1. The molecule has 1 amide bonds. The van der Waals surface area contributed by atoms with Gasteiger partial charge in [0, 0.05) is 11.3 Å². The Labute approximate surface area is 136 Å². The largest absolute Gasteiger partial charge is 0.451 e. The quantitative estimate of drug-likeness (QED) is 0.846. The third-order valence-corrected chi connectivity index (χ3v) is 5.13. The highest BCUT2D eigenvalue weighted by molar-refractivity contribution is 6.12. The molecule has 1 N–H and O–H groups in total. The maximum absolute atomic E-state index is 12.9. The molecule has 4 nitrogen and oxygen atoms in total. The lowest BCUT2D eigenvalue weighted by Crippen LogP contribution is -2.40. The molecule has 23 heavy (non-hydrogen) atoms. The number of rotatable bonds is 2. The second kappa shape index (κ2) is 5.84. The monoisotopic (exact) mass is 313 g/mol. The van der Waals surface area contributed by atoms with Crippen LogP contribution in [0.5, 0.6) is 0 Å². The molecule has 3 rings (SSSR count). The van der Waals surface area contributed by atoms with E-state index in [0.717, 1.165) is 36.9 Å². The summed E-state index contributed by atoms with van der Waals surface area (Å²) in [5.41, 5.74) is 2.02. The first-order valence-electron chi connectivity index (χ1n) is 8.24. The van der Waals surface area contributed by atoms with Crippen molar-refractivity contribution in [2.45, 2.75) is 52.1 Å². The highest BCUT2D eigenvalue weighted by atomic mass is 16.6. The molecule has 1 saturated carbocycles. The Morgan fingerprint density at radius 3 is 2.52 bits per heavy atom. The second-order valence-electron chi connectivity index (χ2n) is 6.84. The SMILES string of the molecule is CC1=C(C(=O)Nc2ccccc2C)C2(CCC(C)CC2)OC1=O. The average Bonchev–Trinajstić information content (AvgIpc) is 2.76. The predicted molar refractivity (Wildman–Crippen MR) is 89.0 cm³/mol. The maximum atomic E-state index is 12.9. The zero-order chi connectivity index (χ0) is 16.6. The van der Waals surface area contributed by atoms with E-state index < -0.39 is 5.60 Å². The van der Waals surface area contributed by atoms with Crippen LogP contribution in [0.3, 0.4) is 0 Å². The molecule has 1 spiro atoms. The van der Waals surface area contributed by atoms with Gasteiger partial charge >= 0.3 is 5.97 Å². The topological polar surface area (TPSA) is 55.4 Å². The highest BCUT2D eigenvalue weighted by Crippen LogP contribution is 2.45. The van der Waals surface area contributed by atoms with Crippen molar-refractivity contribution in [3.8, 4) is 0 Å². The zero-order valence-electron chi connectivity index (χ0n) is 13.9. The Balaban J connectivity index is 1.90. The minimum atomic E-state index is -0.722. The summed E-state index contributed by atoms with van der Waals surface area (Å²) in [6, 6.07) is 7.64. The van der Waals surface area contributed by atoms with Gasteiger partial charge in [-0.1, -0.05) is 25.1 Å². The second-order valence-corrected chi connectivity index (χ2v) is 6.84. The van der Waals surface area contributed by atoms with Crippen LogP contribution in [-0.4, -0.2) is 17.5 Å². The molecule has 0 atom stereocenters. The summed E-state index contributed by atoms with van der Waals surface area (Å²) in [7, 11) is 0. The Morgan fingerprint density at radius 2 is 1.87 bits per heavy atom. The van der Waals surface area contributed by atoms with Crippen LogP contribution in [0.15, 0.2) is 35.4 Å². The van der Waals surface area contributed by atoms with Crippen LogP contribution in [-0.2, 0) is 14.3 Å². The van der Waals surface area contributed by atoms with Crippen LogP contribution in [0, 0.1) is 12.8 Å². The smallest absolute Gasteiger partial charge is 0.335 e. The van der Waals surface area contributed by atoms with Crippen molar-refractivity contribution in [1.82, 2.24) is 0 Å². The number of aryl methyl sites for hydroxylation is 1. The van der Waals surface area contributed by atoms with Gasteiger partial charge in [-0.3, -0.25) is 4.79 Å². The number of nitrogens with one attached hydrogen (secondary N) is 1. The van der Waals surface area contributed by atoms with Crippen molar-refractivity contribution in [1.29, 1.82) is 0 Å². The van der Waals surface area contributed by atoms with Crippen molar-refractivity contribution < 1.29 is 14.3 Å². The zero-order valence-corrected chi connectivity index (χ0v) is 13.9. The summed E-state index contributed by atoms with van der Waals surface area (Å²) < 4.78 is 5.68. The maximum Gasteiger partial charge on any atom is 0.335 e. The number of hydrogen-bond acceptors (Lipinski definition) is 3. The molecule has 4 heteroatoms. The van der Waals surface area contributed by atoms with Crippen molar-refractivity contribution in [3.63, 3.8) is 0 Å². The van der Waals surface area contributed by atoms with Crippen LogP contribution < -0.4 is 5.32 Å². The van der Waals surface area contributed by atoms with Gasteiger partial charge in [-0.05, 0) is 57.1 Å². The van der Waals surface area contributed by atoms with Gasteiger partial charge in [0.25, 0.3) is 5.91 Å². The van der Waals surface area contributed by atoms with E-state index in [2.05, 4.69) is 12.2 Å². The van der Waals surface area contributed by atoms with E-state index in [1.54, 1.807) is 6.92 Å². The molecular formula is C19H23NO3. The van der Waals surface area contributed by atoms with Crippen LogP contribution >= 0.6 is 0 Å². The van der Waals surface area contributed by atoms with Crippen LogP contribution in [0.1, 0.15) is 45.1 Å². The number of para-hydroxylation sites is 1. The third-order valence-electron chi connectivity index (χ3n) is 5.13. The van der Waals surface area contributed by atoms with Crippen molar-refractivity contribution in [3.05, 3.63) is 41.0 Å². The van der Waals surface area contributed by atoms with E-state index in [4.69, 9.17) is 4.74 Å². The first-order chi connectivity index (χ1) is 10.9. The fourth-order valence-electron chi connectivity index (χ4n) is 3.60. The van der Waals surface area contributed by atoms with Gasteiger partial charge in [-0.25, -0.2) is 4.79 Å². The first kappa shape index (κ1) is 15.8. The molecule has 1 aromatic carbocycles. The molecule has 0 radical (unpaired) electrons. The molecule has 1 aliphatic heterocycles. The lowest BCUT2D eigenvalue weighted by atomic mass is 9.75. The normalized spacial score (nSPS) is 27.3. The number of carbonyl (C=O) groups is 2. The van der Waals surface area contributed by atoms with E-state index in [1.165, 1.54) is 0 Å². The van der Waals surface area contributed by atoms with Crippen molar-refractivity contribution in [2.24, 2.45) is 5.92 Å². The van der Waals surface area contributed by atoms with Crippen molar-refractivity contribution >= 4 is 17.6 Å². The summed E-state index contributed by atoms with van der Waals surface area (Å²) in [6.07, 6.45) is 3.41. The molecule has 1 fully saturated rings. The van der Waals surface area contributed by atoms with E-state index in [0.29, 0.717) is 17.1 Å². The minimum Gasteiger partial charge on any atom is -0.451 e. The molecule has 2 aliphatic rings. The Hall–Kier alpha value is -2.10. The molecule has 0 unspecified atom stereocenters. The van der Waals surface area contributed by atoms with Gasteiger partial charge in [0.15, 0.2) is 0 Å². The number of hydrogen-bond donors (Lipinski definition) is 1. The lowest BCUT2D eigenvalue weighted by Gasteiger charge is -2.36. The number of anilines is 1. The molecule has 0 saturated heterocycles. The van der Waals surface area contributed by atoms with Gasteiger partial charge in [0.1, 0.15) is 5.60 Å². The number of carbonyl (C=O) groups excluding carboxylic acids is 2. The standard InChI is InChI=1S/C19H23NO3/c1-12-8-10-19(11-9-12)16(14(3)18(22)23-19)17(21)20-15-7-5-4-6-13(15)2/h4-7,12H,8-11H2,1-3H3,(H,20,21). The molecule has 1 heterocycles. The fourth-order valence-corrected chi connectivity index (χ4v) is 3.60. The fraction of sp³-hybridized carbons (Fsp3) is 0.474. The molecule has 1 aromatic rings. The van der Waals surface area contributed by atoms with Gasteiger partial charge in [-0.15, -0.1) is 0 Å². The number of benzene rings is 1. The minimum absolute atomic E-state index is 0.211. The van der Waals surface area contributed by atoms with Crippen LogP contribution in [0.4, 0.5) is 5.69 Å². The molecule has 0 bridgehead atoms. The summed E-state index contributed by atoms with van der Waals surface area (Å²) in [5.74, 6) is 0.0487. The third kappa shape index (κ3) is 2.78. The van der Waals surface area contributed by atoms with Gasteiger partial charge in [-0.2, -0.15) is 0 Å². The summed E-state index contributed by atoms with van der Waals surface area (Å²) in [6.45, 7) is 5.85. The number of amides is 1. The first-order valence-corrected chi connectivity index (χ1v) is 8.24. The Bertz CT molecular complexity index is 682. The Kier molecular flexibility index (Phi) is 4.00. The summed E-state index contributed by atoms with van der Waals surface area (Å²) in [5, 5.41) is 2.96. The highest BCUT2D eigenvalue weighted by Gasteiger charge is 2.50. The van der Waals surface area contributed by atoms with Gasteiger partial charge in [0.05, 0.1) is 5.57 Å². The molecule has 0 aromatic heterocycles. The van der Waals surface area contributed by atoms with Crippen LogP contribution in [0.25, 0.3) is 0 Å². The van der Waals surface area contributed by atoms with E-state index >= 15 is 0 Å². The molecule has 122 valence electrons. The molecule has 1 aliphatic carbocycles.